The highest BCUT2D eigenvalue weighted by Gasteiger charge is 1.95. The standard InChI is InChI=1S/C32H55N/c1-27(2)15-10-18-30(5)21-11-19-28(3)16-8-9-17-29(4)20-12-22-31(6)23-13-24-32(7)25-14-26-33/h15-17,21-22,24H,8-14,18-20,23,25-26,33H2,1-7H3/b28-16+,29-17+,30-21+,31-22+,32-24+. The summed E-state index contributed by atoms with van der Waals surface area (Å²) in [5.74, 6) is 0. The summed E-state index contributed by atoms with van der Waals surface area (Å²) in [7, 11) is 0. The van der Waals surface area contributed by atoms with Crippen molar-refractivity contribution in [1.29, 1.82) is 0 Å². The Kier molecular flexibility index (Phi) is 20.0. The van der Waals surface area contributed by atoms with E-state index in [1.54, 1.807) is 0 Å². The Labute approximate surface area is 207 Å². The summed E-state index contributed by atoms with van der Waals surface area (Å²) in [5.41, 5.74) is 14.6. The molecule has 0 rings (SSSR count). The van der Waals surface area contributed by atoms with Crippen LogP contribution in [0.3, 0.4) is 0 Å². The van der Waals surface area contributed by atoms with Gasteiger partial charge in [-0.15, -0.1) is 0 Å². The highest BCUT2D eigenvalue weighted by atomic mass is 14.5. The lowest BCUT2D eigenvalue weighted by Gasteiger charge is -2.03. The number of allylic oxidation sites excluding steroid dienone is 12. The van der Waals surface area contributed by atoms with Gasteiger partial charge in [-0.1, -0.05) is 69.9 Å². The van der Waals surface area contributed by atoms with Crippen LogP contribution in [-0.2, 0) is 0 Å². The maximum Gasteiger partial charge on any atom is -0.00742 e. The van der Waals surface area contributed by atoms with Crippen molar-refractivity contribution >= 4 is 0 Å². The van der Waals surface area contributed by atoms with E-state index in [1.807, 2.05) is 0 Å². The molecule has 1 heteroatoms. The Morgan fingerprint density at radius 3 is 1.06 bits per heavy atom. The first-order valence-corrected chi connectivity index (χ1v) is 13.4. The third-order valence-corrected chi connectivity index (χ3v) is 6.11. The SMILES string of the molecule is CC(C)=CCC/C(C)=C/CC/C(C)=C/CC/C=C(\C)CC/C=C(\C)CC/C=C(\C)CCCN. The van der Waals surface area contributed by atoms with Crippen LogP contribution >= 0.6 is 0 Å². The summed E-state index contributed by atoms with van der Waals surface area (Å²) in [5, 5.41) is 0. The first-order chi connectivity index (χ1) is 15.7. The first-order valence-electron chi connectivity index (χ1n) is 13.4. The van der Waals surface area contributed by atoms with E-state index in [9.17, 15) is 0 Å². The maximum atomic E-state index is 5.58. The Balaban J connectivity index is 4.07. The number of hydrogen-bond acceptors (Lipinski definition) is 1. The van der Waals surface area contributed by atoms with Gasteiger partial charge in [0.05, 0.1) is 0 Å². The number of rotatable bonds is 18. The fourth-order valence-corrected chi connectivity index (χ4v) is 3.78. The van der Waals surface area contributed by atoms with Gasteiger partial charge in [-0.2, -0.15) is 0 Å². The minimum atomic E-state index is 0.793. The third-order valence-electron chi connectivity index (χ3n) is 6.11. The quantitative estimate of drug-likeness (QED) is 0.162. The van der Waals surface area contributed by atoms with E-state index in [2.05, 4.69) is 84.9 Å². The lowest BCUT2D eigenvalue weighted by molar-refractivity contribution is 0.814. The van der Waals surface area contributed by atoms with E-state index >= 15 is 0 Å². The fourth-order valence-electron chi connectivity index (χ4n) is 3.78. The molecule has 0 aliphatic carbocycles. The molecule has 0 aliphatic rings. The lowest BCUT2D eigenvalue weighted by atomic mass is 10.0. The van der Waals surface area contributed by atoms with E-state index < -0.39 is 0 Å². The van der Waals surface area contributed by atoms with E-state index in [0.29, 0.717) is 0 Å². The van der Waals surface area contributed by atoms with Crippen LogP contribution < -0.4 is 5.73 Å². The molecule has 0 amide bonds. The zero-order valence-electron chi connectivity index (χ0n) is 23.2. The van der Waals surface area contributed by atoms with Crippen molar-refractivity contribution in [2.75, 3.05) is 6.54 Å². The lowest BCUT2D eigenvalue weighted by Crippen LogP contribution is -1.97. The zero-order valence-corrected chi connectivity index (χ0v) is 23.2. The van der Waals surface area contributed by atoms with Crippen molar-refractivity contribution < 1.29 is 0 Å². The van der Waals surface area contributed by atoms with E-state index in [4.69, 9.17) is 5.73 Å². The summed E-state index contributed by atoms with van der Waals surface area (Å²) >= 11 is 0. The van der Waals surface area contributed by atoms with Gasteiger partial charge in [0.2, 0.25) is 0 Å². The minimum absolute atomic E-state index is 0.793. The highest BCUT2D eigenvalue weighted by Crippen LogP contribution is 2.15. The molecule has 0 unspecified atom stereocenters. The molecule has 188 valence electrons. The second-order valence-corrected chi connectivity index (χ2v) is 10.2. The topological polar surface area (TPSA) is 26.0 Å². The second-order valence-electron chi connectivity index (χ2n) is 10.2. The van der Waals surface area contributed by atoms with Gasteiger partial charge in [0.15, 0.2) is 0 Å². The van der Waals surface area contributed by atoms with Gasteiger partial charge in [0.25, 0.3) is 0 Å². The summed E-state index contributed by atoms with van der Waals surface area (Å²) in [4.78, 5) is 0. The molecular weight excluding hydrogens is 398 g/mol. The minimum Gasteiger partial charge on any atom is -0.330 e. The molecule has 0 bridgehead atoms. The molecule has 0 saturated heterocycles. The first kappa shape index (κ1) is 31.4. The Morgan fingerprint density at radius 2 is 0.727 bits per heavy atom. The van der Waals surface area contributed by atoms with Gasteiger partial charge in [0.1, 0.15) is 0 Å². The predicted molar refractivity (Wildman–Crippen MR) is 153 cm³/mol. The molecular formula is C32H55N. The molecule has 2 N–H and O–H groups in total. The molecule has 0 aromatic heterocycles. The van der Waals surface area contributed by atoms with Gasteiger partial charge < -0.3 is 5.73 Å². The van der Waals surface area contributed by atoms with Crippen molar-refractivity contribution in [1.82, 2.24) is 0 Å². The third kappa shape index (κ3) is 22.0. The van der Waals surface area contributed by atoms with Gasteiger partial charge >= 0.3 is 0 Å². The van der Waals surface area contributed by atoms with Crippen LogP contribution in [0.5, 0.6) is 0 Å². The summed E-state index contributed by atoms with van der Waals surface area (Å²) < 4.78 is 0. The van der Waals surface area contributed by atoms with E-state index in [1.165, 1.54) is 72.0 Å². The molecule has 0 saturated carbocycles. The fraction of sp³-hybridized carbons (Fsp3) is 0.625. The summed E-state index contributed by atoms with van der Waals surface area (Å²) in [6, 6.07) is 0. The normalized spacial score (nSPS) is 14.1. The van der Waals surface area contributed by atoms with Gasteiger partial charge in [-0.05, 0) is 132 Å². The average Bonchev–Trinajstić information content (AvgIpc) is 2.75. The van der Waals surface area contributed by atoms with Crippen molar-refractivity contribution in [2.24, 2.45) is 5.73 Å². The Hall–Kier alpha value is -1.60. The van der Waals surface area contributed by atoms with Crippen LogP contribution in [0.1, 0.15) is 126 Å². The molecule has 1 nitrogen and oxygen atoms in total. The van der Waals surface area contributed by atoms with E-state index in [-0.39, 0.29) is 0 Å². The van der Waals surface area contributed by atoms with Crippen LogP contribution in [0.4, 0.5) is 0 Å². The molecule has 0 fully saturated rings. The van der Waals surface area contributed by atoms with Crippen molar-refractivity contribution in [3.63, 3.8) is 0 Å². The Morgan fingerprint density at radius 1 is 0.424 bits per heavy atom. The van der Waals surface area contributed by atoms with Crippen molar-refractivity contribution in [3.8, 4) is 0 Å². The van der Waals surface area contributed by atoms with Crippen molar-refractivity contribution in [3.05, 3.63) is 69.9 Å². The number of unbranched alkanes of at least 4 members (excludes halogenated alkanes) is 1. The molecule has 33 heavy (non-hydrogen) atoms. The van der Waals surface area contributed by atoms with E-state index in [0.717, 1.165) is 45.1 Å². The molecule has 0 spiro atoms. The molecule has 0 atom stereocenters. The van der Waals surface area contributed by atoms with Crippen LogP contribution in [0, 0.1) is 0 Å². The van der Waals surface area contributed by atoms with Gasteiger partial charge in [-0.25, -0.2) is 0 Å². The van der Waals surface area contributed by atoms with Gasteiger partial charge in [0, 0.05) is 0 Å². The van der Waals surface area contributed by atoms with Crippen LogP contribution in [-0.4, -0.2) is 6.54 Å². The van der Waals surface area contributed by atoms with Gasteiger partial charge in [-0.3, -0.25) is 0 Å². The molecule has 0 heterocycles. The van der Waals surface area contributed by atoms with Crippen LogP contribution in [0.15, 0.2) is 69.9 Å². The predicted octanol–water partition coefficient (Wildman–Crippen LogP) is 10.3. The zero-order chi connectivity index (χ0) is 24.9. The molecule has 0 aromatic rings. The van der Waals surface area contributed by atoms with Crippen molar-refractivity contribution in [2.45, 2.75) is 126 Å². The van der Waals surface area contributed by atoms with Crippen LogP contribution in [0.2, 0.25) is 0 Å². The molecule has 0 aromatic carbocycles. The maximum absolute atomic E-state index is 5.58. The largest absolute Gasteiger partial charge is 0.330 e. The molecule has 0 radical (unpaired) electrons. The average molecular weight is 454 g/mol. The monoisotopic (exact) mass is 453 g/mol. The van der Waals surface area contributed by atoms with Crippen LogP contribution in [0.25, 0.3) is 0 Å². The Bertz CT molecular complexity index is 690. The smallest absolute Gasteiger partial charge is 0.00742 e. The number of nitrogens with two attached hydrogens (primary N) is 1. The summed E-state index contributed by atoms with van der Waals surface area (Å²) in [6.07, 6.45) is 28.4. The second kappa shape index (κ2) is 21.0. The highest BCUT2D eigenvalue weighted by molar-refractivity contribution is 5.08. The molecule has 0 aliphatic heterocycles. The number of hydrogen-bond donors (Lipinski definition) is 1. The summed E-state index contributed by atoms with van der Waals surface area (Å²) in [6.45, 7) is 16.5.